The second-order valence-electron chi connectivity index (χ2n) is 7.27. The molecule has 30 heavy (non-hydrogen) atoms. The van der Waals surface area contributed by atoms with Crippen LogP contribution in [0.2, 0.25) is 0 Å². The summed E-state index contributed by atoms with van der Waals surface area (Å²) >= 11 is 0. The highest BCUT2D eigenvalue weighted by Gasteiger charge is 2.41. The van der Waals surface area contributed by atoms with E-state index < -0.39 is 31.7 Å². The van der Waals surface area contributed by atoms with Crippen molar-refractivity contribution in [2.45, 2.75) is 24.6 Å². The molecule has 1 saturated heterocycles. The molecule has 2 aromatic carbocycles. The number of rotatable bonds is 10. The van der Waals surface area contributed by atoms with E-state index in [0.717, 1.165) is 16.5 Å². The number of morpholine rings is 1. The van der Waals surface area contributed by atoms with Crippen LogP contribution in [0.1, 0.15) is 0 Å². The van der Waals surface area contributed by atoms with Crippen LogP contribution in [0.25, 0.3) is 10.8 Å². The number of hydrogen-bond donors (Lipinski definition) is 1. The van der Waals surface area contributed by atoms with E-state index in [0.29, 0.717) is 26.3 Å². The highest BCUT2D eigenvalue weighted by molar-refractivity contribution is 5.88. The van der Waals surface area contributed by atoms with E-state index in [4.69, 9.17) is 9.47 Å². The predicted octanol–water partition coefficient (Wildman–Crippen LogP) is 3.20. The van der Waals surface area contributed by atoms with E-state index in [1.54, 1.807) is 0 Å². The predicted molar refractivity (Wildman–Crippen MR) is 103 cm³/mol. The number of β-amino-alcohol motifs (C(OH)–C–C–N with tert-alkyl or cyclic N) is 1. The Labute approximate surface area is 172 Å². The van der Waals surface area contributed by atoms with Crippen molar-refractivity contribution in [3.8, 4) is 5.75 Å². The first-order valence-electron chi connectivity index (χ1n) is 9.71. The number of halogens is 4. The molecule has 1 heterocycles. The van der Waals surface area contributed by atoms with Gasteiger partial charge in [0, 0.05) is 25.0 Å². The molecule has 1 aliphatic heterocycles. The molecule has 9 heteroatoms. The fraction of sp³-hybridized carbons (Fsp3) is 0.524. The number of aliphatic hydroxyl groups is 1. The average Bonchev–Trinajstić information content (AvgIpc) is 2.72. The molecular weight excluding hydrogens is 406 g/mol. The largest absolute Gasteiger partial charge is 0.490 e. The maximum absolute atomic E-state index is 12.8. The molecule has 1 fully saturated rings. The lowest BCUT2D eigenvalue weighted by atomic mass is 10.1. The standard InChI is InChI=1S/C21H25F4NO4/c22-20(23)21(24,25)14-28-12-16(27)10-26-8-9-29-17(11-26)13-30-19-7-3-5-15-4-1-2-6-18(15)19/h1-7,16-17,20,27H,8-14H2. The fourth-order valence-corrected chi connectivity index (χ4v) is 3.30. The van der Waals surface area contributed by atoms with Gasteiger partial charge in [0.2, 0.25) is 0 Å². The van der Waals surface area contributed by atoms with Crippen molar-refractivity contribution in [2.75, 3.05) is 46.1 Å². The van der Waals surface area contributed by atoms with E-state index in [-0.39, 0.29) is 12.6 Å². The van der Waals surface area contributed by atoms with Crippen LogP contribution < -0.4 is 4.74 Å². The molecule has 0 aromatic heterocycles. The Balaban J connectivity index is 1.44. The fourth-order valence-electron chi connectivity index (χ4n) is 3.30. The third kappa shape index (κ3) is 6.28. The topological polar surface area (TPSA) is 51.2 Å². The molecule has 2 atom stereocenters. The average molecular weight is 431 g/mol. The molecule has 0 bridgehead atoms. The Kier molecular flexibility index (Phi) is 7.87. The number of ether oxygens (including phenoxy) is 3. The summed E-state index contributed by atoms with van der Waals surface area (Å²) in [6, 6.07) is 13.7. The van der Waals surface area contributed by atoms with Crippen LogP contribution >= 0.6 is 0 Å². The third-order valence-corrected chi connectivity index (χ3v) is 4.79. The van der Waals surface area contributed by atoms with Gasteiger partial charge in [-0.25, -0.2) is 8.78 Å². The number of benzene rings is 2. The number of alkyl halides is 4. The minimum absolute atomic E-state index is 0.161. The Morgan fingerprint density at radius 2 is 1.93 bits per heavy atom. The Morgan fingerprint density at radius 1 is 1.17 bits per heavy atom. The smallest absolute Gasteiger partial charge is 0.330 e. The van der Waals surface area contributed by atoms with Gasteiger partial charge in [-0.2, -0.15) is 8.78 Å². The number of hydrogen-bond acceptors (Lipinski definition) is 5. The molecule has 0 aliphatic carbocycles. The molecule has 1 N–H and O–H groups in total. The van der Waals surface area contributed by atoms with Gasteiger partial charge in [-0.15, -0.1) is 0 Å². The second-order valence-corrected chi connectivity index (χ2v) is 7.27. The van der Waals surface area contributed by atoms with Gasteiger partial charge in [-0.05, 0) is 11.5 Å². The van der Waals surface area contributed by atoms with Gasteiger partial charge in [-0.3, -0.25) is 4.90 Å². The van der Waals surface area contributed by atoms with E-state index in [1.165, 1.54) is 0 Å². The summed E-state index contributed by atoms with van der Waals surface area (Å²) in [7, 11) is 0. The Morgan fingerprint density at radius 3 is 2.73 bits per heavy atom. The molecule has 0 spiro atoms. The van der Waals surface area contributed by atoms with Crippen LogP contribution in [0.4, 0.5) is 17.6 Å². The van der Waals surface area contributed by atoms with Crippen LogP contribution in [0.5, 0.6) is 5.75 Å². The van der Waals surface area contributed by atoms with Crippen LogP contribution in [0.15, 0.2) is 42.5 Å². The summed E-state index contributed by atoms with van der Waals surface area (Å²) in [5, 5.41) is 12.1. The van der Waals surface area contributed by atoms with E-state index in [9.17, 15) is 22.7 Å². The van der Waals surface area contributed by atoms with Crippen molar-refractivity contribution >= 4 is 10.8 Å². The lowest BCUT2D eigenvalue weighted by Crippen LogP contribution is -2.48. The molecule has 0 radical (unpaired) electrons. The lowest BCUT2D eigenvalue weighted by Gasteiger charge is -2.34. The van der Waals surface area contributed by atoms with Crippen molar-refractivity contribution in [3.05, 3.63) is 42.5 Å². The minimum Gasteiger partial charge on any atom is -0.490 e. The second kappa shape index (κ2) is 10.4. The highest BCUT2D eigenvalue weighted by Crippen LogP contribution is 2.26. The van der Waals surface area contributed by atoms with Gasteiger partial charge in [0.05, 0.1) is 19.3 Å². The van der Waals surface area contributed by atoms with Crippen molar-refractivity contribution in [3.63, 3.8) is 0 Å². The van der Waals surface area contributed by atoms with Gasteiger partial charge in [0.15, 0.2) is 0 Å². The van der Waals surface area contributed by atoms with E-state index in [1.807, 2.05) is 47.4 Å². The van der Waals surface area contributed by atoms with Crippen molar-refractivity contribution in [1.29, 1.82) is 0 Å². The van der Waals surface area contributed by atoms with Crippen molar-refractivity contribution < 1.29 is 36.9 Å². The van der Waals surface area contributed by atoms with Crippen LogP contribution in [-0.2, 0) is 9.47 Å². The summed E-state index contributed by atoms with van der Waals surface area (Å²) in [6.45, 7) is 0.0693. The molecule has 0 saturated carbocycles. The molecule has 0 amide bonds. The lowest BCUT2D eigenvalue weighted by molar-refractivity contribution is -0.171. The molecule has 2 unspecified atom stereocenters. The van der Waals surface area contributed by atoms with Gasteiger partial charge >= 0.3 is 12.3 Å². The molecule has 3 rings (SSSR count). The maximum Gasteiger partial charge on any atom is 0.330 e. The van der Waals surface area contributed by atoms with Gasteiger partial charge < -0.3 is 19.3 Å². The maximum atomic E-state index is 12.8. The molecule has 166 valence electrons. The SMILES string of the molecule is OC(COCC(F)(F)C(F)F)CN1CCOC(COc2cccc3ccccc23)C1. The molecular formula is C21H25F4NO4. The van der Waals surface area contributed by atoms with E-state index >= 15 is 0 Å². The van der Waals surface area contributed by atoms with Crippen molar-refractivity contribution in [2.24, 2.45) is 0 Å². The first-order chi connectivity index (χ1) is 14.3. The van der Waals surface area contributed by atoms with Crippen molar-refractivity contribution in [1.82, 2.24) is 4.90 Å². The monoisotopic (exact) mass is 431 g/mol. The summed E-state index contributed by atoms with van der Waals surface area (Å²) in [6.07, 6.45) is -5.10. The first-order valence-corrected chi connectivity index (χ1v) is 9.71. The van der Waals surface area contributed by atoms with Gasteiger partial charge in [-0.1, -0.05) is 36.4 Å². The third-order valence-electron chi connectivity index (χ3n) is 4.79. The molecule has 2 aromatic rings. The normalized spacial score (nSPS) is 19.3. The minimum atomic E-state index is -4.22. The van der Waals surface area contributed by atoms with Crippen LogP contribution in [0.3, 0.4) is 0 Å². The van der Waals surface area contributed by atoms with Gasteiger partial charge in [0.1, 0.15) is 25.1 Å². The zero-order chi connectivity index (χ0) is 21.6. The zero-order valence-electron chi connectivity index (χ0n) is 16.4. The summed E-state index contributed by atoms with van der Waals surface area (Å²) in [5.41, 5.74) is 0. The Bertz CT molecular complexity index is 802. The van der Waals surface area contributed by atoms with E-state index in [2.05, 4.69) is 4.74 Å². The zero-order valence-corrected chi connectivity index (χ0v) is 16.4. The van der Waals surface area contributed by atoms with Crippen LogP contribution in [0, 0.1) is 0 Å². The number of fused-ring (bicyclic) bond motifs is 1. The molecule has 5 nitrogen and oxygen atoms in total. The number of nitrogens with zero attached hydrogens (tertiary/aromatic N) is 1. The van der Waals surface area contributed by atoms with Crippen LogP contribution in [-0.4, -0.2) is 80.6 Å². The quantitative estimate of drug-likeness (QED) is 0.586. The first kappa shape index (κ1) is 22.7. The highest BCUT2D eigenvalue weighted by atomic mass is 19.3. The number of aliphatic hydroxyl groups excluding tert-OH is 1. The molecule has 1 aliphatic rings. The summed E-state index contributed by atoms with van der Waals surface area (Å²) in [5.74, 6) is -3.47. The van der Waals surface area contributed by atoms with Gasteiger partial charge in [0.25, 0.3) is 0 Å². The summed E-state index contributed by atoms with van der Waals surface area (Å²) < 4.78 is 66.1. The Hall–Kier alpha value is -1.94. The summed E-state index contributed by atoms with van der Waals surface area (Å²) in [4.78, 5) is 1.90.